The maximum Gasteiger partial charge on any atom is 0.319 e. The Kier molecular flexibility index (Phi) is 5.09. The molecule has 0 fully saturated rings. The van der Waals surface area contributed by atoms with Crippen LogP contribution in [0.25, 0.3) is 0 Å². The molecule has 21 heavy (non-hydrogen) atoms. The van der Waals surface area contributed by atoms with Crippen molar-refractivity contribution in [1.82, 2.24) is 10.3 Å². The molecule has 2 rings (SSSR count). The number of ether oxygens (including phenoxy) is 1. The summed E-state index contributed by atoms with van der Waals surface area (Å²) in [6.45, 7) is 2.53. The van der Waals surface area contributed by atoms with Crippen molar-refractivity contribution in [3.63, 3.8) is 0 Å². The third-order valence-electron chi connectivity index (χ3n) is 2.67. The van der Waals surface area contributed by atoms with Gasteiger partial charge >= 0.3 is 6.03 Å². The van der Waals surface area contributed by atoms with Crippen LogP contribution in [-0.2, 0) is 6.54 Å². The quantitative estimate of drug-likeness (QED) is 0.889. The molecule has 2 aromatic rings. The van der Waals surface area contributed by atoms with Gasteiger partial charge < -0.3 is 15.4 Å². The van der Waals surface area contributed by atoms with Crippen molar-refractivity contribution < 1.29 is 13.9 Å². The molecule has 2 N–H and O–H groups in total. The zero-order chi connectivity index (χ0) is 15.1. The van der Waals surface area contributed by atoms with Gasteiger partial charge in [-0.25, -0.2) is 9.18 Å². The van der Waals surface area contributed by atoms with Crippen molar-refractivity contribution in [3.8, 4) is 5.75 Å². The minimum Gasteiger partial charge on any atom is -0.492 e. The van der Waals surface area contributed by atoms with Crippen molar-refractivity contribution in [1.29, 1.82) is 0 Å². The van der Waals surface area contributed by atoms with Crippen LogP contribution in [0.3, 0.4) is 0 Å². The normalized spacial score (nSPS) is 10.0. The van der Waals surface area contributed by atoms with Crippen LogP contribution in [0.2, 0.25) is 0 Å². The second-order valence-electron chi connectivity index (χ2n) is 4.24. The molecule has 0 saturated carbocycles. The first-order chi connectivity index (χ1) is 10.2. The summed E-state index contributed by atoms with van der Waals surface area (Å²) >= 11 is 0. The van der Waals surface area contributed by atoms with E-state index < -0.39 is 11.8 Å². The lowest BCUT2D eigenvalue weighted by Crippen LogP contribution is -2.28. The van der Waals surface area contributed by atoms with Crippen LogP contribution in [0.1, 0.15) is 12.5 Å². The molecule has 0 spiro atoms. The van der Waals surface area contributed by atoms with E-state index in [1.807, 2.05) is 6.07 Å². The Morgan fingerprint density at radius 1 is 1.38 bits per heavy atom. The summed E-state index contributed by atoms with van der Waals surface area (Å²) in [6, 6.07) is 7.22. The molecular weight excluding hydrogens is 273 g/mol. The van der Waals surface area contributed by atoms with Crippen molar-refractivity contribution in [2.45, 2.75) is 13.5 Å². The third kappa shape index (κ3) is 4.45. The lowest BCUT2D eigenvalue weighted by Gasteiger charge is -2.12. The van der Waals surface area contributed by atoms with E-state index in [1.54, 1.807) is 25.4 Å². The predicted molar refractivity (Wildman–Crippen MR) is 77.7 cm³/mol. The number of aromatic nitrogens is 1. The van der Waals surface area contributed by atoms with Crippen molar-refractivity contribution in [2.24, 2.45) is 0 Å². The number of urea groups is 1. The van der Waals surface area contributed by atoms with Gasteiger partial charge in [-0.15, -0.1) is 0 Å². The monoisotopic (exact) mass is 289 g/mol. The topological polar surface area (TPSA) is 63.2 Å². The molecule has 0 aliphatic heterocycles. The smallest absolute Gasteiger partial charge is 0.319 e. The number of hydrogen-bond donors (Lipinski definition) is 2. The molecule has 0 unspecified atom stereocenters. The van der Waals surface area contributed by atoms with E-state index in [0.717, 1.165) is 5.56 Å². The first-order valence-corrected chi connectivity index (χ1v) is 6.55. The molecule has 110 valence electrons. The number of nitrogens with one attached hydrogen (secondary N) is 2. The Bertz CT molecular complexity index is 605. The average molecular weight is 289 g/mol. The van der Waals surface area contributed by atoms with Gasteiger partial charge in [0.05, 0.1) is 12.3 Å². The van der Waals surface area contributed by atoms with Gasteiger partial charge in [0.25, 0.3) is 0 Å². The van der Waals surface area contributed by atoms with Gasteiger partial charge in [0.1, 0.15) is 11.6 Å². The number of rotatable bonds is 5. The van der Waals surface area contributed by atoms with E-state index in [9.17, 15) is 9.18 Å². The van der Waals surface area contributed by atoms with Gasteiger partial charge in [-0.2, -0.15) is 0 Å². The molecule has 0 bridgehead atoms. The molecule has 6 heteroatoms. The van der Waals surface area contributed by atoms with Gasteiger partial charge in [-0.1, -0.05) is 6.07 Å². The summed E-state index contributed by atoms with van der Waals surface area (Å²) in [5.74, 6) is -0.117. The Hall–Kier alpha value is -2.63. The molecule has 1 aromatic carbocycles. The van der Waals surface area contributed by atoms with Crippen molar-refractivity contribution in [2.75, 3.05) is 11.9 Å². The number of benzene rings is 1. The van der Waals surface area contributed by atoms with Gasteiger partial charge in [-0.3, -0.25) is 4.98 Å². The van der Waals surface area contributed by atoms with Crippen LogP contribution in [0.5, 0.6) is 5.75 Å². The highest BCUT2D eigenvalue weighted by Crippen LogP contribution is 2.25. The standard InChI is InChI=1S/C15H16FN3O2/c1-2-21-14-8-12(16)5-6-13(14)19-15(20)18-10-11-4-3-7-17-9-11/h3-9H,2,10H2,1H3,(H2,18,19,20). The maximum absolute atomic E-state index is 13.2. The first-order valence-electron chi connectivity index (χ1n) is 6.55. The summed E-state index contributed by atoms with van der Waals surface area (Å²) in [5, 5.41) is 5.32. The molecule has 5 nitrogen and oxygen atoms in total. The van der Waals surface area contributed by atoms with E-state index in [2.05, 4.69) is 15.6 Å². The van der Waals surface area contributed by atoms with Gasteiger partial charge in [0.15, 0.2) is 0 Å². The fraction of sp³-hybridized carbons (Fsp3) is 0.200. The summed E-state index contributed by atoms with van der Waals surface area (Å²) in [7, 11) is 0. The van der Waals surface area contributed by atoms with Crippen LogP contribution in [0.4, 0.5) is 14.9 Å². The number of carbonyl (C=O) groups is 1. The van der Waals surface area contributed by atoms with Crippen LogP contribution >= 0.6 is 0 Å². The molecule has 1 aromatic heterocycles. The number of amides is 2. The highest BCUT2D eigenvalue weighted by molar-refractivity contribution is 5.90. The second kappa shape index (κ2) is 7.23. The largest absolute Gasteiger partial charge is 0.492 e. The highest BCUT2D eigenvalue weighted by Gasteiger charge is 2.08. The van der Waals surface area contributed by atoms with Crippen molar-refractivity contribution in [3.05, 3.63) is 54.1 Å². The van der Waals surface area contributed by atoms with Crippen LogP contribution < -0.4 is 15.4 Å². The molecule has 0 aliphatic rings. The number of pyridine rings is 1. The van der Waals surface area contributed by atoms with Gasteiger partial charge in [0, 0.05) is 25.0 Å². The Morgan fingerprint density at radius 2 is 2.24 bits per heavy atom. The fourth-order valence-electron chi connectivity index (χ4n) is 1.73. The lowest BCUT2D eigenvalue weighted by molar-refractivity contribution is 0.251. The molecule has 0 aliphatic carbocycles. The summed E-state index contributed by atoms with van der Waals surface area (Å²) < 4.78 is 18.5. The predicted octanol–water partition coefficient (Wildman–Crippen LogP) is 2.94. The highest BCUT2D eigenvalue weighted by atomic mass is 19.1. The van der Waals surface area contributed by atoms with E-state index in [4.69, 9.17) is 4.74 Å². The first kappa shape index (κ1) is 14.8. The molecule has 0 radical (unpaired) electrons. The van der Waals surface area contributed by atoms with E-state index >= 15 is 0 Å². The SMILES string of the molecule is CCOc1cc(F)ccc1NC(=O)NCc1cccnc1. The second-order valence-corrected chi connectivity index (χ2v) is 4.24. The number of anilines is 1. The van der Waals surface area contributed by atoms with Crippen molar-refractivity contribution >= 4 is 11.7 Å². The van der Waals surface area contributed by atoms with Gasteiger partial charge in [-0.05, 0) is 30.7 Å². The van der Waals surface area contributed by atoms with Crippen LogP contribution in [0, 0.1) is 5.82 Å². The molecule has 0 saturated heterocycles. The average Bonchev–Trinajstić information content (AvgIpc) is 2.49. The van der Waals surface area contributed by atoms with Crippen LogP contribution in [-0.4, -0.2) is 17.6 Å². The summed E-state index contributed by atoms with van der Waals surface area (Å²) in [6.07, 6.45) is 3.33. The number of nitrogens with zero attached hydrogens (tertiary/aromatic N) is 1. The summed E-state index contributed by atoms with van der Waals surface area (Å²) in [4.78, 5) is 15.8. The fourth-order valence-corrected chi connectivity index (χ4v) is 1.73. The van der Waals surface area contributed by atoms with E-state index in [0.29, 0.717) is 24.6 Å². The zero-order valence-electron chi connectivity index (χ0n) is 11.6. The number of halogens is 1. The number of carbonyl (C=O) groups excluding carboxylic acids is 1. The maximum atomic E-state index is 13.2. The third-order valence-corrected chi connectivity index (χ3v) is 2.67. The minimum absolute atomic E-state index is 0.300. The van der Waals surface area contributed by atoms with Gasteiger partial charge in [0.2, 0.25) is 0 Å². The molecular formula is C15H16FN3O2. The van der Waals surface area contributed by atoms with E-state index in [1.165, 1.54) is 18.2 Å². The zero-order valence-corrected chi connectivity index (χ0v) is 11.6. The Labute approximate surface area is 122 Å². The van der Waals surface area contributed by atoms with Crippen LogP contribution in [0.15, 0.2) is 42.7 Å². The summed E-state index contributed by atoms with van der Waals surface area (Å²) in [5.41, 5.74) is 1.30. The number of hydrogen-bond acceptors (Lipinski definition) is 3. The van der Waals surface area contributed by atoms with E-state index in [-0.39, 0.29) is 0 Å². The Balaban J connectivity index is 1.96. The molecule has 2 amide bonds. The Morgan fingerprint density at radius 3 is 2.95 bits per heavy atom. The lowest BCUT2D eigenvalue weighted by atomic mass is 10.3. The molecule has 1 heterocycles. The minimum atomic E-state index is -0.417. The molecule has 0 atom stereocenters.